The van der Waals surface area contributed by atoms with Gasteiger partial charge in [-0.3, -0.25) is 10.00 Å². The molecule has 1 aliphatic heterocycles. The first-order valence-corrected chi connectivity index (χ1v) is 10.9. The van der Waals surface area contributed by atoms with Crippen LogP contribution in [0.3, 0.4) is 0 Å². The maximum absolute atomic E-state index is 12.7. The molecule has 0 radical (unpaired) electrons. The van der Waals surface area contributed by atoms with E-state index in [-0.39, 0.29) is 0 Å². The van der Waals surface area contributed by atoms with Gasteiger partial charge in [0.1, 0.15) is 0 Å². The fourth-order valence-electron chi connectivity index (χ4n) is 3.23. The lowest BCUT2D eigenvalue weighted by atomic mass is 10.2. The molecule has 1 fully saturated rings. The number of rotatable bonds is 5. The summed E-state index contributed by atoms with van der Waals surface area (Å²) in [6, 6.07) is 18.4. The van der Waals surface area contributed by atoms with E-state index in [9.17, 15) is 8.42 Å². The van der Waals surface area contributed by atoms with Crippen molar-refractivity contribution in [2.45, 2.75) is 11.6 Å². The number of H-pyrrole nitrogens is 1. The van der Waals surface area contributed by atoms with Gasteiger partial charge in [-0.25, -0.2) is 13.1 Å². The van der Waals surface area contributed by atoms with Gasteiger partial charge in [0.25, 0.3) is 0 Å². The fraction of sp³-hybridized carbons (Fsp3) is 0.263. The molecule has 0 bridgehead atoms. The van der Waals surface area contributed by atoms with E-state index in [1.807, 2.05) is 41.1 Å². The van der Waals surface area contributed by atoms with Crippen LogP contribution in [0.25, 0.3) is 11.4 Å². The lowest BCUT2D eigenvalue weighted by Crippen LogP contribution is -2.48. The van der Waals surface area contributed by atoms with Gasteiger partial charge in [0.2, 0.25) is 14.8 Å². The fourth-order valence-corrected chi connectivity index (χ4v) is 4.87. The van der Waals surface area contributed by atoms with Gasteiger partial charge in [-0.05, 0) is 24.4 Å². The number of nitrogens with zero attached hydrogens (tertiary/aromatic N) is 4. The molecule has 9 heteroatoms. The SMILES string of the molecule is O=S(=O)(c1ccccc1)N1CCN(Cn2[nH]c(-c3ccccc3)nc2=S)CC1. The minimum absolute atomic E-state index is 0.340. The Bertz CT molecular complexity index is 1090. The van der Waals surface area contributed by atoms with Crippen LogP contribution in [0.15, 0.2) is 65.6 Å². The minimum atomic E-state index is -3.44. The van der Waals surface area contributed by atoms with Crippen LogP contribution in [-0.4, -0.2) is 58.6 Å². The van der Waals surface area contributed by atoms with Crippen LogP contribution in [0.2, 0.25) is 0 Å². The molecule has 4 rings (SSSR count). The Morgan fingerprint density at radius 2 is 1.54 bits per heavy atom. The molecule has 146 valence electrons. The molecular formula is C19H21N5O2S2. The second kappa shape index (κ2) is 7.96. The molecule has 0 saturated carbocycles. The highest BCUT2D eigenvalue weighted by Crippen LogP contribution is 2.18. The third-order valence-electron chi connectivity index (χ3n) is 4.78. The monoisotopic (exact) mass is 415 g/mol. The molecule has 28 heavy (non-hydrogen) atoms. The Balaban J connectivity index is 1.42. The molecule has 0 unspecified atom stereocenters. The summed E-state index contributed by atoms with van der Waals surface area (Å²) < 4.78 is 29.3. The summed E-state index contributed by atoms with van der Waals surface area (Å²) in [7, 11) is -3.44. The standard InChI is InChI=1S/C19H21N5O2S2/c25-28(26,17-9-5-2-6-10-17)23-13-11-22(12-14-23)15-24-19(27)20-18(21-24)16-7-3-1-4-8-16/h1-10H,11-15H2,(H,20,21,27). The average molecular weight is 416 g/mol. The molecule has 0 atom stereocenters. The predicted octanol–water partition coefficient (Wildman–Crippen LogP) is 2.57. The first-order valence-electron chi connectivity index (χ1n) is 9.04. The maximum Gasteiger partial charge on any atom is 0.243 e. The third kappa shape index (κ3) is 3.93. The van der Waals surface area contributed by atoms with Crippen molar-refractivity contribution in [2.24, 2.45) is 0 Å². The zero-order valence-corrected chi connectivity index (χ0v) is 16.9. The highest BCUT2D eigenvalue weighted by atomic mass is 32.2. The average Bonchev–Trinajstić information content (AvgIpc) is 3.10. The van der Waals surface area contributed by atoms with Gasteiger partial charge >= 0.3 is 0 Å². The van der Waals surface area contributed by atoms with Crippen LogP contribution >= 0.6 is 12.2 Å². The van der Waals surface area contributed by atoms with E-state index in [4.69, 9.17) is 12.2 Å². The molecule has 7 nitrogen and oxygen atoms in total. The zero-order chi connectivity index (χ0) is 19.6. The Hall–Kier alpha value is -2.33. The predicted molar refractivity (Wildman–Crippen MR) is 110 cm³/mol. The van der Waals surface area contributed by atoms with E-state index in [1.165, 1.54) is 0 Å². The summed E-state index contributed by atoms with van der Waals surface area (Å²) >= 11 is 5.38. The Labute approximate surface area is 169 Å². The molecule has 3 aromatic rings. The molecule has 0 aliphatic carbocycles. The number of benzene rings is 2. The second-order valence-electron chi connectivity index (χ2n) is 6.63. The number of nitrogens with one attached hydrogen (secondary N) is 1. The number of hydrogen-bond acceptors (Lipinski definition) is 5. The summed E-state index contributed by atoms with van der Waals surface area (Å²) in [4.78, 5) is 6.94. The van der Waals surface area contributed by atoms with E-state index in [0.29, 0.717) is 42.5 Å². The van der Waals surface area contributed by atoms with E-state index in [0.717, 1.165) is 11.4 Å². The van der Waals surface area contributed by atoms with Crippen LogP contribution in [0.5, 0.6) is 0 Å². The van der Waals surface area contributed by atoms with Crippen molar-refractivity contribution in [3.8, 4) is 11.4 Å². The van der Waals surface area contributed by atoms with E-state index in [1.54, 1.807) is 28.6 Å². The van der Waals surface area contributed by atoms with Crippen LogP contribution in [0, 0.1) is 4.77 Å². The van der Waals surface area contributed by atoms with Crippen LogP contribution < -0.4 is 0 Å². The zero-order valence-electron chi connectivity index (χ0n) is 15.2. The molecule has 1 aliphatic rings. The normalized spacial score (nSPS) is 16.3. The summed E-state index contributed by atoms with van der Waals surface area (Å²) in [6.45, 7) is 2.72. The van der Waals surface area contributed by atoms with Gasteiger partial charge in [-0.15, -0.1) is 0 Å². The van der Waals surface area contributed by atoms with Crippen molar-refractivity contribution in [2.75, 3.05) is 26.2 Å². The lowest BCUT2D eigenvalue weighted by Gasteiger charge is -2.33. The van der Waals surface area contributed by atoms with Gasteiger partial charge in [-0.1, -0.05) is 48.5 Å². The Morgan fingerprint density at radius 3 is 2.18 bits per heavy atom. The van der Waals surface area contributed by atoms with Crippen molar-refractivity contribution in [1.82, 2.24) is 24.0 Å². The molecule has 1 N–H and O–H groups in total. The number of aromatic nitrogens is 3. The molecule has 1 aromatic heterocycles. The van der Waals surface area contributed by atoms with Crippen LogP contribution in [-0.2, 0) is 16.7 Å². The van der Waals surface area contributed by atoms with Crippen LogP contribution in [0.1, 0.15) is 0 Å². The molecular weight excluding hydrogens is 394 g/mol. The maximum atomic E-state index is 12.7. The van der Waals surface area contributed by atoms with Crippen molar-refractivity contribution in [3.63, 3.8) is 0 Å². The first-order chi connectivity index (χ1) is 13.5. The van der Waals surface area contributed by atoms with Crippen LogP contribution in [0.4, 0.5) is 0 Å². The van der Waals surface area contributed by atoms with Gasteiger partial charge in [0, 0.05) is 31.7 Å². The highest BCUT2D eigenvalue weighted by molar-refractivity contribution is 7.89. The van der Waals surface area contributed by atoms with Gasteiger partial charge in [0.15, 0.2) is 5.82 Å². The van der Waals surface area contributed by atoms with Gasteiger partial charge < -0.3 is 0 Å². The summed E-state index contributed by atoms with van der Waals surface area (Å²) in [5.74, 6) is 0.732. The van der Waals surface area contributed by atoms with E-state index >= 15 is 0 Å². The van der Waals surface area contributed by atoms with Gasteiger partial charge in [0.05, 0.1) is 11.6 Å². The Morgan fingerprint density at radius 1 is 0.929 bits per heavy atom. The quantitative estimate of drug-likeness (QED) is 0.649. The largest absolute Gasteiger partial charge is 0.282 e. The number of hydrogen-bond donors (Lipinski definition) is 1. The third-order valence-corrected chi connectivity index (χ3v) is 7.00. The first kappa shape index (κ1) is 19.0. The lowest BCUT2D eigenvalue weighted by molar-refractivity contribution is 0.145. The van der Waals surface area contributed by atoms with Crippen molar-refractivity contribution in [1.29, 1.82) is 0 Å². The molecule has 0 spiro atoms. The summed E-state index contributed by atoms with van der Waals surface area (Å²) in [5, 5.41) is 3.24. The number of aromatic amines is 1. The smallest absolute Gasteiger partial charge is 0.243 e. The summed E-state index contributed by atoms with van der Waals surface area (Å²) in [6.07, 6.45) is 0. The van der Waals surface area contributed by atoms with Gasteiger partial charge in [-0.2, -0.15) is 9.29 Å². The number of piperazine rings is 1. The van der Waals surface area contributed by atoms with Crippen molar-refractivity contribution in [3.05, 3.63) is 65.4 Å². The topological polar surface area (TPSA) is 74.2 Å². The van der Waals surface area contributed by atoms with E-state index in [2.05, 4.69) is 15.0 Å². The second-order valence-corrected chi connectivity index (χ2v) is 8.93. The Kier molecular flexibility index (Phi) is 5.40. The van der Waals surface area contributed by atoms with Crippen molar-refractivity contribution < 1.29 is 8.42 Å². The molecule has 0 amide bonds. The molecule has 1 saturated heterocycles. The van der Waals surface area contributed by atoms with Crippen molar-refractivity contribution >= 4 is 22.2 Å². The molecule has 2 aromatic carbocycles. The summed E-state index contributed by atoms with van der Waals surface area (Å²) in [5.41, 5.74) is 0.978. The highest BCUT2D eigenvalue weighted by Gasteiger charge is 2.28. The number of sulfonamides is 1. The minimum Gasteiger partial charge on any atom is -0.282 e. The van der Waals surface area contributed by atoms with E-state index < -0.39 is 10.0 Å². The molecule has 2 heterocycles.